The summed E-state index contributed by atoms with van der Waals surface area (Å²) in [6.45, 7) is -0.790. The molecule has 12 nitrogen and oxygen atoms in total. The Kier molecular flexibility index (Phi) is 37.7. The molecule has 0 saturated carbocycles. The number of hydrogen-bond donors (Lipinski definition) is 4. The van der Waals surface area contributed by atoms with Gasteiger partial charge in [0.2, 0.25) is 0 Å². The Morgan fingerprint density at radius 2 is 0.767 bits per heavy atom. The van der Waals surface area contributed by atoms with Gasteiger partial charge in [-0.25, -0.2) is 0 Å². The van der Waals surface area contributed by atoms with Gasteiger partial charge < -0.3 is 35.6 Å². The molecule has 0 aliphatic rings. The normalized spacial score (nSPS) is 9.53. The summed E-state index contributed by atoms with van der Waals surface area (Å²) in [5, 5.41) is 34.7. The van der Waals surface area contributed by atoms with E-state index in [1.54, 1.807) is 0 Å². The molecule has 0 atom stereocenters. The number of aliphatic carboxylic acids is 4. The molecular weight excluding hydrogens is 448 g/mol. The van der Waals surface area contributed by atoms with E-state index < -0.39 is 50.1 Å². The van der Waals surface area contributed by atoms with Crippen molar-refractivity contribution in [2.24, 2.45) is 0 Å². The van der Waals surface area contributed by atoms with E-state index in [0.29, 0.717) is 0 Å². The molecule has 0 aliphatic carbocycles. The molecule has 0 radical (unpaired) electrons. The molecule has 0 fully saturated rings. The summed E-state index contributed by atoms with van der Waals surface area (Å²) in [7, 11) is 0. The minimum absolute atomic E-state index is 0. The summed E-state index contributed by atoms with van der Waals surface area (Å²) in [5.74, 6) is -4.55. The minimum Gasteiger partial charge on any atom is -1.00 e. The van der Waals surface area contributed by atoms with Crippen LogP contribution in [0.1, 0.15) is 5.71 Å². The van der Waals surface area contributed by atoms with E-state index in [-0.39, 0.29) is 163 Å². The second kappa shape index (κ2) is 27.0. The third-order valence-corrected chi connectivity index (χ3v) is 2.91. The van der Waals surface area contributed by atoms with Crippen LogP contribution in [-0.2, 0) is 28.7 Å². The molecular formula is C14H28N2Na4O10. The zero-order chi connectivity index (χ0) is 19.9. The van der Waals surface area contributed by atoms with E-state index in [2.05, 4.69) is 0 Å². The summed E-state index contributed by atoms with van der Waals surface area (Å²) in [5.41, 5.74) is 0. The van der Waals surface area contributed by atoms with Crippen molar-refractivity contribution in [3.63, 3.8) is 0 Å². The molecule has 0 bridgehead atoms. The van der Waals surface area contributed by atoms with Crippen molar-refractivity contribution < 1.29 is 173 Å². The van der Waals surface area contributed by atoms with Crippen LogP contribution in [0.2, 0.25) is 0 Å². The molecule has 4 N–H and O–H groups in total. The molecule has 0 amide bonds. The van der Waals surface area contributed by atoms with Crippen molar-refractivity contribution in [2.75, 3.05) is 65.7 Å². The van der Waals surface area contributed by atoms with Crippen molar-refractivity contribution in [3.8, 4) is 0 Å². The van der Waals surface area contributed by atoms with E-state index in [4.69, 9.17) is 29.9 Å². The maximum Gasteiger partial charge on any atom is 1.00 e. The van der Waals surface area contributed by atoms with Crippen LogP contribution in [0.25, 0.3) is 0 Å². The van der Waals surface area contributed by atoms with Crippen LogP contribution in [0.3, 0.4) is 0 Å². The van der Waals surface area contributed by atoms with Gasteiger partial charge in [-0.15, -0.1) is 0 Å². The van der Waals surface area contributed by atoms with E-state index in [1.165, 1.54) is 9.80 Å². The van der Waals surface area contributed by atoms with E-state index >= 15 is 0 Å². The Morgan fingerprint density at radius 1 is 0.533 bits per heavy atom. The monoisotopic (exact) mass is 476 g/mol. The predicted octanol–water partition coefficient (Wildman–Crippen LogP) is -13.6. The maximum atomic E-state index is 10.6. The van der Waals surface area contributed by atoms with Crippen molar-refractivity contribution in [1.29, 1.82) is 0 Å². The Hall–Kier alpha value is 1.72. The number of hydrogen-bond acceptors (Lipinski definition) is 8. The second-order valence-electron chi connectivity index (χ2n) is 5.22. The van der Waals surface area contributed by atoms with Crippen molar-refractivity contribution >= 4 is 23.9 Å². The number of carboxylic acids is 4. The molecule has 16 heteroatoms. The first-order valence-corrected chi connectivity index (χ1v) is 7.68. The zero-order valence-electron chi connectivity index (χ0n) is 22.2. The third kappa shape index (κ3) is 29.7. The number of carboxylic acid groups (broad SMARTS) is 4. The van der Waals surface area contributed by atoms with Gasteiger partial charge in [0.05, 0.1) is 52.6 Å². The van der Waals surface area contributed by atoms with Gasteiger partial charge in [-0.1, -0.05) is 0 Å². The summed E-state index contributed by atoms with van der Waals surface area (Å²) in [4.78, 5) is 44.9. The molecule has 30 heavy (non-hydrogen) atoms. The fraction of sp³-hybridized carbons (Fsp3) is 0.714. The average Bonchev–Trinajstić information content (AvgIpc) is 2.47. The van der Waals surface area contributed by atoms with Crippen LogP contribution in [0.15, 0.2) is 0 Å². The molecule has 0 aromatic rings. The third-order valence-electron chi connectivity index (χ3n) is 2.91. The summed E-state index contributed by atoms with van der Waals surface area (Å²) in [6.07, 6.45) is 0. The predicted molar refractivity (Wildman–Crippen MR) is 89.5 cm³/mol. The van der Waals surface area contributed by atoms with Crippen LogP contribution in [0.5, 0.6) is 0 Å². The molecule has 0 heterocycles. The largest absolute Gasteiger partial charge is 1.00 e. The number of rotatable bonds is 17. The van der Waals surface area contributed by atoms with E-state index in [9.17, 15) is 19.2 Å². The van der Waals surface area contributed by atoms with Crippen molar-refractivity contribution in [3.05, 3.63) is 0 Å². The molecule has 158 valence electrons. The molecule has 0 aliphatic heterocycles. The van der Waals surface area contributed by atoms with Crippen LogP contribution in [0.4, 0.5) is 0 Å². The van der Waals surface area contributed by atoms with Crippen LogP contribution < -0.4 is 118 Å². The van der Waals surface area contributed by atoms with Crippen LogP contribution in [-0.4, -0.2) is 120 Å². The van der Waals surface area contributed by atoms with Gasteiger partial charge in [-0.05, 0) is 0 Å². The fourth-order valence-corrected chi connectivity index (χ4v) is 1.90. The molecule has 0 unspecified atom stereocenters. The van der Waals surface area contributed by atoms with E-state index in [0.717, 1.165) is 0 Å². The first kappa shape index (κ1) is 41.9. The Balaban J connectivity index is -0.000000112. The first-order valence-electron chi connectivity index (χ1n) is 7.68. The first-order chi connectivity index (χ1) is 12.2. The number of ether oxygens (including phenoxy) is 2. The minimum atomic E-state index is -1.14. The smallest absolute Gasteiger partial charge is 1.00 e. The topological polar surface area (TPSA) is 174 Å². The van der Waals surface area contributed by atoms with Gasteiger partial charge in [0.1, 0.15) is 0 Å². The maximum absolute atomic E-state index is 10.6. The van der Waals surface area contributed by atoms with Gasteiger partial charge >= 0.3 is 142 Å². The van der Waals surface area contributed by atoms with Gasteiger partial charge in [-0.2, -0.15) is 0 Å². The quantitative estimate of drug-likeness (QED) is 0.115. The van der Waals surface area contributed by atoms with Crippen LogP contribution >= 0.6 is 0 Å². The fourth-order valence-electron chi connectivity index (χ4n) is 1.90. The summed E-state index contributed by atoms with van der Waals surface area (Å²) < 4.78 is 10.4. The van der Waals surface area contributed by atoms with E-state index in [1.807, 2.05) is 0 Å². The average molecular weight is 476 g/mol. The van der Waals surface area contributed by atoms with Crippen molar-refractivity contribution in [1.82, 2.24) is 9.80 Å². The molecule has 0 aromatic carbocycles. The van der Waals surface area contributed by atoms with Gasteiger partial charge in [-0.3, -0.25) is 29.0 Å². The van der Waals surface area contributed by atoms with Gasteiger partial charge in [0.25, 0.3) is 0 Å². The SMILES string of the molecule is O=C(O)CN(CCOCCOCCN(CC(=O)O)CC(=O)O)CC(=O)O.[H-].[H-].[H-].[H-].[Na+].[Na+].[Na+].[Na+]. The molecule has 0 spiro atoms. The Morgan fingerprint density at radius 3 is 0.967 bits per heavy atom. The van der Waals surface area contributed by atoms with Gasteiger partial charge in [0.15, 0.2) is 0 Å². The standard InChI is InChI=1S/C14H24N2O10.4Na.4H/c17-11(18)7-15(8-12(19)20)1-3-25-5-6-26-4-2-16(9-13(21)22)10-14(23)24;;;;;;;;/h1-10H2,(H,17,18)(H,19,20)(H,21,22)(H,23,24);;;;;;;;/q;4*+1;4*-1. The van der Waals surface area contributed by atoms with Gasteiger partial charge in [0, 0.05) is 13.1 Å². The number of carbonyl (C=O) groups is 4. The molecule has 0 aromatic heterocycles. The second-order valence-corrected chi connectivity index (χ2v) is 5.22. The summed E-state index contributed by atoms with van der Waals surface area (Å²) in [6, 6.07) is 0. The number of nitrogens with zero attached hydrogens (tertiary/aromatic N) is 2. The molecule has 0 rings (SSSR count). The Bertz CT molecular complexity index is 431. The van der Waals surface area contributed by atoms with Crippen LogP contribution in [0, 0.1) is 0 Å². The van der Waals surface area contributed by atoms with Crippen molar-refractivity contribution in [2.45, 2.75) is 0 Å². The summed E-state index contributed by atoms with van der Waals surface area (Å²) >= 11 is 0. The zero-order valence-corrected chi connectivity index (χ0v) is 26.2. The molecule has 0 saturated heterocycles. The Labute approximate surface area is 269 Å².